The number of rotatable bonds is 3. The summed E-state index contributed by atoms with van der Waals surface area (Å²) < 4.78 is 2.21. The number of imidazole rings is 1. The van der Waals surface area contributed by atoms with E-state index in [0.717, 1.165) is 60.8 Å². The molecule has 9 heteroatoms. The zero-order chi connectivity index (χ0) is 32.7. The Kier molecular flexibility index (Phi) is 6.88. The molecule has 8 aromatic rings. The molecule has 0 spiro atoms. The van der Waals surface area contributed by atoms with Gasteiger partial charge in [0.25, 0.3) is 0 Å². The molecule has 0 unspecified atom stereocenters. The molecule has 8 rings (SSSR count). The van der Waals surface area contributed by atoms with Crippen LogP contribution in [0.25, 0.3) is 71.3 Å². The second-order valence-corrected chi connectivity index (χ2v) is 11.9. The van der Waals surface area contributed by atoms with Crippen molar-refractivity contribution in [3.63, 3.8) is 0 Å². The first kappa shape index (κ1) is 29.6. The Balaban J connectivity index is 1.54. The maximum absolute atomic E-state index is 7.02. The third kappa shape index (κ3) is 4.18. The van der Waals surface area contributed by atoms with Gasteiger partial charge in [0, 0.05) is 5.56 Å². The SMILES string of the molecule is [B]c1c([B])c([B])c2c([B])c(-c3c4ccccc4c(-c4ccccc4-n4c(C)nc5ccccc54)c4ccccc34)c([B])c([B])c2c1[B]. The second-order valence-electron chi connectivity index (χ2n) is 11.9. The Hall–Kier alpha value is -4.76. The van der Waals surface area contributed by atoms with Gasteiger partial charge in [-0.15, -0.1) is 10.9 Å². The van der Waals surface area contributed by atoms with Crippen molar-refractivity contribution in [3.8, 4) is 27.9 Å². The molecule has 0 aliphatic rings. The van der Waals surface area contributed by atoms with Gasteiger partial charge in [-0.3, -0.25) is 4.57 Å². The van der Waals surface area contributed by atoms with E-state index >= 15 is 0 Å². The van der Waals surface area contributed by atoms with Crippen LogP contribution in [-0.4, -0.2) is 64.5 Å². The lowest BCUT2D eigenvalue weighted by Crippen LogP contribution is -2.52. The Bertz CT molecular complexity index is 2570. The lowest BCUT2D eigenvalue weighted by Gasteiger charge is -2.27. The van der Waals surface area contributed by atoms with E-state index < -0.39 is 0 Å². The van der Waals surface area contributed by atoms with Crippen molar-refractivity contribution in [3.05, 3.63) is 103 Å². The molecule has 1 heterocycles. The van der Waals surface area contributed by atoms with Crippen LogP contribution in [0.2, 0.25) is 0 Å². The van der Waals surface area contributed by atoms with E-state index in [1.165, 1.54) is 0 Å². The van der Waals surface area contributed by atoms with Crippen molar-refractivity contribution in [2.75, 3.05) is 0 Å². The van der Waals surface area contributed by atoms with Gasteiger partial charge in [0.1, 0.15) is 60.7 Å². The van der Waals surface area contributed by atoms with Crippen molar-refractivity contribution >= 4 is 137 Å². The lowest BCUT2D eigenvalue weighted by molar-refractivity contribution is 1.00. The fraction of sp³-hybridized carbons (Fsp3) is 0.0263. The van der Waals surface area contributed by atoms with Crippen LogP contribution in [0.4, 0.5) is 0 Å². The van der Waals surface area contributed by atoms with Gasteiger partial charge in [0.15, 0.2) is 0 Å². The molecular weight excluding hydrogens is 560 g/mol. The van der Waals surface area contributed by atoms with Crippen LogP contribution in [0.5, 0.6) is 0 Å². The van der Waals surface area contributed by atoms with Gasteiger partial charge < -0.3 is 0 Å². The van der Waals surface area contributed by atoms with Crippen LogP contribution in [0.15, 0.2) is 97.1 Å². The first-order valence-electron chi connectivity index (χ1n) is 15.2. The first-order chi connectivity index (χ1) is 22.7. The molecule has 0 atom stereocenters. The maximum atomic E-state index is 7.02. The first-order valence-corrected chi connectivity index (χ1v) is 15.2. The molecule has 0 bridgehead atoms. The zero-order valence-electron chi connectivity index (χ0n) is 25.7. The monoisotopic (exact) mass is 580 g/mol. The van der Waals surface area contributed by atoms with Crippen molar-refractivity contribution in [2.24, 2.45) is 0 Å². The predicted molar refractivity (Wildman–Crippen MR) is 207 cm³/mol. The number of hydrogen-bond acceptors (Lipinski definition) is 1. The average molecular weight is 579 g/mol. The van der Waals surface area contributed by atoms with Gasteiger partial charge in [0.05, 0.1) is 16.7 Å². The molecule has 0 saturated carbocycles. The van der Waals surface area contributed by atoms with Gasteiger partial charge in [0.2, 0.25) is 0 Å². The number of aromatic nitrogens is 2. The maximum Gasteiger partial charge on any atom is 0.115 e. The minimum Gasteiger partial charge on any atom is -0.296 e. The summed E-state index contributed by atoms with van der Waals surface area (Å²) in [6.07, 6.45) is 0. The standard InChI is InChI=1S/C38H19B7N2/c1-18-46-24-15-7-9-17-26(24)47(18)25-16-8-6-14-23(25)27-19-10-2-4-12-21(19)28(22-13-5-3-11-20(22)27)29-32(39)30-31(34(41)33(29)40)36(43)38(45)37(44)35(30)42/h2-17H,1H3. The van der Waals surface area contributed by atoms with Crippen molar-refractivity contribution in [1.29, 1.82) is 0 Å². The van der Waals surface area contributed by atoms with Gasteiger partial charge in [-0.1, -0.05) is 106 Å². The minimum atomic E-state index is 0.146. The number of benzene rings is 7. The van der Waals surface area contributed by atoms with Crippen LogP contribution in [-0.2, 0) is 0 Å². The normalized spacial score (nSPS) is 11.7. The summed E-state index contributed by atoms with van der Waals surface area (Å²) >= 11 is 0. The zero-order valence-corrected chi connectivity index (χ0v) is 25.7. The van der Waals surface area contributed by atoms with E-state index in [4.69, 9.17) is 59.9 Å². The smallest absolute Gasteiger partial charge is 0.115 e. The summed E-state index contributed by atoms with van der Waals surface area (Å²) in [5.74, 6) is 0.896. The summed E-state index contributed by atoms with van der Waals surface area (Å²) in [4.78, 5) is 4.87. The fourth-order valence-electron chi connectivity index (χ4n) is 7.22. The van der Waals surface area contributed by atoms with E-state index in [2.05, 4.69) is 59.2 Å². The molecular formula is C38H19B7N2. The Morgan fingerprint density at radius 3 is 1.53 bits per heavy atom. The summed E-state index contributed by atoms with van der Waals surface area (Å²) in [7, 11) is 46.1. The molecule has 7 aromatic carbocycles. The van der Waals surface area contributed by atoms with Crippen molar-refractivity contribution < 1.29 is 0 Å². The molecule has 14 radical (unpaired) electrons. The highest BCUT2D eigenvalue weighted by molar-refractivity contribution is 6.72. The largest absolute Gasteiger partial charge is 0.296 e. The molecule has 0 aliphatic heterocycles. The van der Waals surface area contributed by atoms with E-state index in [1.54, 1.807) is 0 Å². The van der Waals surface area contributed by atoms with Gasteiger partial charge >= 0.3 is 0 Å². The fourth-order valence-corrected chi connectivity index (χ4v) is 7.22. The van der Waals surface area contributed by atoms with E-state index in [-0.39, 0.29) is 32.8 Å². The molecule has 1 aromatic heterocycles. The molecule has 0 fully saturated rings. The Labute approximate surface area is 282 Å². The van der Waals surface area contributed by atoms with Crippen LogP contribution in [0.3, 0.4) is 0 Å². The molecule has 47 heavy (non-hydrogen) atoms. The van der Waals surface area contributed by atoms with E-state index in [1.807, 2.05) is 49.4 Å². The molecule has 2 nitrogen and oxygen atoms in total. The summed E-state index contributed by atoms with van der Waals surface area (Å²) in [5.41, 5.74) is 8.06. The lowest BCUT2D eigenvalue weighted by atomic mass is 9.58. The van der Waals surface area contributed by atoms with Crippen molar-refractivity contribution in [1.82, 2.24) is 9.55 Å². The van der Waals surface area contributed by atoms with Crippen LogP contribution < -0.4 is 38.2 Å². The molecule has 0 N–H and O–H groups in total. The van der Waals surface area contributed by atoms with E-state index in [9.17, 15) is 0 Å². The van der Waals surface area contributed by atoms with Crippen molar-refractivity contribution in [2.45, 2.75) is 6.92 Å². The van der Waals surface area contributed by atoms with Crippen LogP contribution in [0, 0.1) is 6.92 Å². The van der Waals surface area contributed by atoms with Gasteiger partial charge in [-0.05, 0) is 74.1 Å². The number of para-hydroxylation sites is 3. The topological polar surface area (TPSA) is 17.8 Å². The van der Waals surface area contributed by atoms with E-state index in [0.29, 0.717) is 21.8 Å². The van der Waals surface area contributed by atoms with Gasteiger partial charge in [-0.2, -0.15) is 0 Å². The summed E-state index contributed by atoms with van der Waals surface area (Å²) in [6, 6.07) is 33.1. The summed E-state index contributed by atoms with van der Waals surface area (Å²) in [5, 5.41) is 4.73. The Morgan fingerprint density at radius 1 is 0.447 bits per heavy atom. The third-order valence-electron chi connectivity index (χ3n) is 9.35. The number of hydrogen-bond donors (Lipinski definition) is 0. The summed E-state index contributed by atoms with van der Waals surface area (Å²) in [6.45, 7) is 2.03. The molecule has 0 amide bonds. The minimum absolute atomic E-state index is 0.146. The molecule has 0 aliphatic carbocycles. The highest BCUT2D eigenvalue weighted by Crippen LogP contribution is 2.44. The van der Waals surface area contributed by atoms with Crippen LogP contribution >= 0.6 is 0 Å². The quantitative estimate of drug-likeness (QED) is 0.230. The molecule has 0 saturated heterocycles. The number of fused-ring (bicyclic) bond motifs is 4. The van der Waals surface area contributed by atoms with Gasteiger partial charge in [-0.25, -0.2) is 4.98 Å². The third-order valence-corrected chi connectivity index (χ3v) is 9.35. The highest BCUT2D eigenvalue weighted by Gasteiger charge is 2.24. The average Bonchev–Trinajstić information content (AvgIpc) is 3.43. The number of aryl methyl sites for hydroxylation is 1. The van der Waals surface area contributed by atoms with Crippen LogP contribution in [0.1, 0.15) is 5.82 Å². The second kappa shape index (κ2) is 10.9. The Morgan fingerprint density at radius 2 is 0.915 bits per heavy atom. The number of nitrogens with zero attached hydrogens (tertiary/aromatic N) is 2. The molecule has 202 valence electrons. The predicted octanol–water partition coefficient (Wildman–Crippen LogP) is 1.68. The highest BCUT2D eigenvalue weighted by atomic mass is 15.1.